The second kappa shape index (κ2) is 9.00. The Morgan fingerprint density at radius 3 is 2.38 bits per heavy atom. The van der Waals surface area contributed by atoms with Gasteiger partial charge in [0.25, 0.3) is 5.91 Å². The van der Waals surface area contributed by atoms with Crippen molar-refractivity contribution in [2.75, 3.05) is 47.4 Å². The minimum absolute atomic E-state index is 0.0153. The molecule has 0 unspecified atom stereocenters. The number of hydrogen-bond donors (Lipinski definition) is 1. The second-order valence-electron chi connectivity index (χ2n) is 5.29. The van der Waals surface area contributed by atoms with Crippen molar-refractivity contribution in [3.8, 4) is 5.75 Å². The van der Waals surface area contributed by atoms with Crippen LogP contribution < -0.4 is 10.1 Å². The maximum Gasteiger partial charge on any atom is 0.253 e. The van der Waals surface area contributed by atoms with E-state index in [9.17, 15) is 13.2 Å². The van der Waals surface area contributed by atoms with Crippen LogP contribution in [0.3, 0.4) is 0 Å². The smallest absolute Gasteiger partial charge is 0.253 e. The Morgan fingerprint density at radius 2 is 1.88 bits per heavy atom. The van der Waals surface area contributed by atoms with Crippen molar-refractivity contribution < 1.29 is 17.9 Å². The van der Waals surface area contributed by atoms with Gasteiger partial charge in [-0.05, 0) is 25.2 Å². The highest BCUT2D eigenvalue weighted by molar-refractivity contribution is 7.89. The van der Waals surface area contributed by atoms with Gasteiger partial charge in [0.2, 0.25) is 10.0 Å². The standard InChI is InChI=1S/C16H27N3O4S/c1-6-19(7-2)24(21,22)15-12-13(8-9-14(15)23-5)16(20)18(4)11-10-17-3/h8-9,12,17H,6-7,10-11H2,1-5H3. The summed E-state index contributed by atoms with van der Waals surface area (Å²) in [5, 5.41) is 2.97. The number of hydrogen-bond acceptors (Lipinski definition) is 5. The molecule has 136 valence electrons. The number of carbonyl (C=O) groups excluding carboxylic acids is 1. The first-order valence-corrected chi connectivity index (χ1v) is 9.35. The Kier molecular flexibility index (Phi) is 7.65. The number of benzene rings is 1. The Bertz CT molecular complexity index is 657. The Hall–Kier alpha value is -1.64. The molecule has 0 heterocycles. The third-order valence-corrected chi connectivity index (χ3v) is 5.85. The SMILES string of the molecule is CCN(CC)S(=O)(=O)c1cc(C(=O)N(C)CCNC)ccc1OC. The molecule has 1 aromatic rings. The number of rotatable bonds is 9. The summed E-state index contributed by atoms with van der Waals surface area (Å²) in [7, 11) is 1.19. The van der Waals surface area contributed by atoms with Gasteiger partial charge in [-0.25, -0.2) is 8.42 Å². The Balaban J connectivity index is 3.29. The van der Waals surface area contributed by atoms with Crippen LogP contribution in [0.1, 0.15) is 24.2 Å². The number of ether oxygens (including phenoxy) is 1. The molecule has 0 aliphatic rings. The second-order valence-corrected chi connectivity index (χ2v) is 7.19. The maximum atomic E-state index is 12.8. The van der Waals surface area contributed by atoms with Gasteiger partial charge < -0.3 is 15.0 Å². The normalized spacial score (nSPS) is 11.6. The molecular weight excluding hydrogens is 330 g/mol. The minimum atomic E-state index is -3.72. The van der Waals surface area contributed by atoms with E-state index in [1.165, 1.54) is 23.5 Å². The highest BCUT2D eigenvalue weighted by Crippen LogP contribution is 2.28. The molecule has 1 rings (SSSR count). The molecule has 0 aliphatic carbocycles. The van der Waals surface area contributed by atoms with E-state index in [-0.39, 0.29) is 16.6 Å². The molecule has 0 atom stereocenters. The zero-order valence-electron chi connectivity index (χ0n) is 15.0. The predicted molar refractivity (Wildman–Crippen MR) is 94.0 cm³/mol. The summed E-state index contributed by atoms with van der Waals surface area (Å²) in [6.45, 7) is 5.43. The van der Waals surface area contributed by atoms with E-state index in [0.29, 0.717) is 31.7 Å². The van der Waals surface area contributed by atoms with Crippen LogP contribution in [-0.2, 0) is 10.0 Å². The van der Waals surface area contributed by atoms with E-state index >= 15 is 0 Å². The molecule has 0 radical (unpaired) electrons. The quantitative estimate of drug-likeness (QED) is 0.714. The Labute approximate surface area is 144 Å². The number of methoxy groups -OCH3 is 1. The molecule has 0 bridgehead atoms. The summed E-state index contributed by atoms with van der Waals surface area (Å²) in [5.74, 6) is 0.000211. The van der Waals surface area contributed by atoms with Crippen LogP contribution in [0.25, 0.3) is 0 Å². The number of nitrogens with one attached hydrogen (secondary N) is 1. The topological polar surface area (TPSA) is 79.0 Å². The number of likely N-dealkylation sites (N-methyl/N-ethyl adjacent to an activating group) is 2. The van der Waals surface area contributed by atoms with E-state index in [1.807, 2.05) is 0 Å². The summed E-state index contributed by atoms with van der Waals surface area (Å²) in [6, 6.07) is 4.50. The summed E-state index contributed by atoms with van der Waals surface area (Å²) < 4.78 is 32.1. The van der Waals surface area contributed by atoms with Crippen LogP contribution in [-0.4, -0.2) is 70.9 Å². The maximum absolute atomic E-state index is 12.8. The van der Waals surface area contributed by atoms with Crippen molar-refractivity contribution in [2.45, 2.75) is 18.7 Å². The fraction of sp³-hybridized carbons (Fsp3) is 0.562. The molecule has 24 heavy (non-hydrogen) atoms. The monoisotopic (exact) mass is 357 g/mol. The molecule has 7 nitrogen and oxygen atoms in total. The zero-order chi connectivity index (χ0) is 18.3. The lowest BCUT2D eigenvalue weighted by molar-refractivity contribution is 0.0796. The van der Waals surface area contributed by atoms with E-state index < -0.39 is 10.0 Å². The molecule has 1 amide bonds. The molecule has 0 fully saturated rings. The van der Waals surface area contributed by atoms with Gasteiger partial charge in [-0.3, -0.25) is 4.79 Å². The van der Waals surface area contributed by atoms with E-state index in [4.69, 9.17) is 4.74 Å². The average Bonchev–Trinajstić information content (AvgIpc) is 2.59. The third kappa shape index (κ3) is 4.46. The molecule has 0 aliphatic heterocycles. The van der Waals surface area contributed by atoms with Crippen LogP contribution in [0.5, 0.6) is 5.75 Å². The fourth-order valence-corrected chi connectivity index (χ4v) is 3.95. The number of amides is 1. The van der Waals surface area contributed by atoms with Gasteiger partial charge in [-0.1, -0.05) is 13.8 Å². The van der Waals surface area contributed by atoms with Gasteiger partial charge in [0.15, 0.2) is 0 Å². The minimum Gasteiger partial charge on any atom is -0.495 e. The van der Waals surface area contributed by atoms with Gasteiger partial charge in [0.1, 0.15) is 10.6 Å². The van der Waals surface area contributed by atoms with Gasteiger partial charge >= 0.3 is 0 Å². The fourth-order valence-electron chi connectivity index (χ4n) is 2.32. The number of nitrogens with zero attached hydrogens (tertiary/aromatic N) is 2. The molecule has 1 aromatic carbocycles. The summed E-state index contributed by atoms with van der Waals surface area (Å²) in [4.78, 5) is 14.1. The largest absolute Gasteiger partial charge is 0.495 e. The molecule has 0 saturated carbocycles. The molecule has 8 heteroatoms. The van der Waals surface area contributed by atoms with Crippen LogP contribution in [0.15, 0.2) is 23.1 Å². The van der Waals surface area contributed by atoms with Gasteiger partial charge in [0, 0.05) is 38.8 Å². The van der Waals surface area contributed by atoms with E-state index in [1.54, 1.807) is 38.9 Å². The molecule has 0 aromatic heterocycles. The van der Waals surface area contributed by atoms with Crippen molar-refractivity contribution in [1.82, 2.24) is 14.5 Å². The lowest BCUT2D eigenvalue weighted by Gasteiger charge is -2.21. The van der Waals surface area contributed by atoms with E-state index in [0.717, 1.165) is 0 Å². The lowest BCUT2D eigenvalue weighted by Crippen LogP contribution is -2.33. The molecule has 0 saturated heterocycles. The van der Waals surface area contributed by atoms with Crippen molar-refractivity contribution >= 4 is 15.9 Å². The highest BCUT2D eigenvalue weighted by Gasteiger charge is 2.27. The molecular formula is C16H27N3O4S. The lowest BCUT2D eigenvalue weighted by atomic mass is 10.2. The summed E-state index contributed by atoms with van der Waals surface area (Å²) in [5.41, 5.74) is 0.320. The van der Waals surface area contributed by atoms with Crippen LogP contribution in [0.4, 0.5) is 0 Å². The van der Waals surface area contributed by atoms with Gasteiger partial charge in [-0.15, -0.1) is 0 Å². The number of sulfonamides is 1. The first-order valence-electron chi connectivity index (χ1n) is 7.91. The summed E-state index contributed by atoms with van der Waals surface area (Å²) in [6.07, 6.45) is 0. The zero-order valence-corrected chi connectivity index (χ0v) is 15.8. The van der Waals surface area contributed by atoms with Crippen LogP contribution in [0, 0.1) is 0 Å². The molecule has 0 spiro atoms. The van der Waals surface area contributed by atoms with Crippen molar-refractivity contribution in [2.24, 2.45) is 0 Å². The highest BCUT2D eigenvalue weighted by atomic mass is 32.2. The van der Waals surface area contributed by atoms with Crippen molar-refractivity contribution in [3.63, 3.8) is 0 Å². The average molecular weight is 357 g/mol. The number of carbonyl (C=O) groups is 1. The van der Waals surface area contributed by atoms with Gasteiger partial charge in [0.05, 0.1) is 7.11 Å². The summed E-state index contributed by atoms with van der Waals surface area (Å²) >= 11 is 0. The Morgan fingerprint density at radius 1 is 1.25 bits per heavy atom. The van der Waals surface area contributed by atoms with Gasteiger partial charge in [-0.2, -0.15) is 4.31 Å². The van der Waals surface area contributed by atoms with Crippen molar-refractivity contribution in [1.29, 1.82) is 0 Å². The van der Waals surface area contributed by atoms with E-state index in [2.05, 4.69) is 5.32 Å². The van der Waals surface area contributed by atoms with Crippen LogP contribution >= 0.6 is 0 Å². The first-order chi connectivity index (χ1) is 11.3. The van der Waals surface area contributed by atoms with Crippen LogP contribution in [0.2, 0.25) is 0 Å². The van der Waals surface area contributed by atoms with Crippen molar-refractivity contribution in [3.05, 3.63) is 23.8 Å². The first kappa shape index (κ1) is 20.4. The molecule has 1 N–H and O–H groups in total. The third-order valence-electron chi connectivity index (χ3n) is 3.78. The predicted octanol–water partition coefficient (Wildman–Crippen LogP) is 1.02.